The van der Waals surface area contributed by atoms with Crippen LogP contribution in [0.5, 0.6) is 5.75 Å². The van der Waals surface area contributed by atoms with Gasteiger partial charge in [-0.25, -0.2) is 4.79 Å². The first-order valence-electron chi connectivity index (χ1n) is 5.77. The van der Waals surface area contributed by atoms with Crippen LogP contribution >= 0.6 is 0 Å². The lowest BCUT2D eigenvalue weighted by Gasteiger charge is -2.14. The quantitative estimate of drug-likeness (QED) is 0.946. The van der Waals surface area contributed by atoms with Gasteiger partial charge in [-0.3, -0.25) is 4.68 Å². The molecule has 1 aromatic heterocycles. The Balaban J connectivity index is 2.66. The Labute approximate surface area is 117 Å². The van der Waals surface area contributed by atoms with Crippen molar-refractivity contribution < 1.29 is 27.8 Å². The van der Waals surface area contributed by atoms with Crippen LogP contribution in [0, 0.1) is 0 Å². The van der Waals surface area contributed by atoms with E-state index >= 15 is 0 Å². The van der Waals surface area contributed by atoms with E-state index in [2.05, 4.69) is 5.10 Å². The third-order valence-corrected chi connectivity index (χ3v) is 2.91. The van der Waals surface area contributed by atoms with Crippen LogP contribution in [0.2, 0.25) is 0 Å². The third kappa shape index (κ3) is 2.83. The van der Waals surface area contributed by atoms with Crippen molar-refractivity contribution >= 4 is 5.97 Å². The molecule has 8 heteroatoms. The van der Waals surface area contributed by atoms with E-state index in [9.17, 15) is 18.0 Å². The zero-order valence-corrected chi connectivity index (χ0v) is 11.1. The molecule has 2 rings (SSSR count). The molecule has 0 aliphatic carbocycles. The number of ether oxygens (including phenoxy) is 1. The second-order valence-electron chi connectivity index (χ2n) is 4.25. The molecule has 0 bridgehead atoms. The number of aryl methyl sites for hydroxylation is 1. The third-order valence-electron chi connectivity index (χ3n) is 2.91. The van der Waals surface area contributed by atoms with E-state index in [0.717, 1.165) is 16.8 Å². The molecular formula is C13H11F3N2O3. The number of hydrogen-bond acceptors (Lipinski definition) is 3. The van der Waals surface area contributed by atoms with E-state index in [0.29, 0.717) is 0 Å². The maximum Gasteiger partial charge on any atom is 0.417 e. The second kappa shape index (κ2) is 5.12. The average Bonchev–Trinajstić information content (AvgIpc) is 2.79. The average molecular weight is 300 g/mol. The first kappa shape index (κ1) is 14.9. The molecule has 112 valence electrons. The van der Waals surface area contributed by atoms with Crippen molar-refractivity contribution in [2.75, 3.05) is 7.11 Å². The molecule has 0 aliphatic heterocycles. The van der Waals surface area contributed by atoms with Crippen LogP contribution in [-0.2, 0) is 13.2 Å². The smallest absolute Gasteiger partial charge is 0.417 e. The summed E-state index contributed by atoms with van der Waals surface area (Å²) >= 11 is 0. The normalized spacial score (nSPS) is 11.5. The number of nitrogens with zero attached hydrogens (tertiary/aromatic N) is 2. The number of alkyl halides is 3. The highest BCUT2D eigenvalue weighted by atomic mass is 19.4. The highest BCUT2D eigenvalue weighted by Gasteiger charge is 2.35. The van der Waals surface area contributed by atoms with Gasteiger partial charge in [0.2, 0.25) is 0 Å². The van der Waals surface area contributed by atoms with Crippen LogP contribution in [0.1, 0.15) is 16.1 Å². The van der Waals surface area contributed by atoms with Gasteiger partial charge < -0.3 is 9.84 Å². The number of rotatable bonds is 3. The van der Waals surface area contributed by atoms with E-state index in [1.165, 1.54) is 26.3 Å². The predicted molar refractivity (Wildman–Crippen MR) is 67.2 cm³/mol. The van der Waals surface area contributed by atoms with E-state index in [4.69, 9.17) is 9.84 Å². The Hall–Kier alpha value is -2.51. The zero-order valence-electron chi connectivity index (χ0n) is 11.1. The first-order chi connectivity index (χ1) is 9.74. The van der Waals surface area contributed by atoms with E-state index in [1.807, 2.05) is 0 Å². The standard InChI is InChI=1S/C13H11F3N2O3/c1-18-11(6-10(17-18)12(19)20)8-4-3-7(21-2)5-9(8)13(14,15)16/h3-6H,1-2H3,(H,19,20). The fourth-order valence-corrected chi connectivity index (χ4v) is 1.93. The van der Waals surface area contributed by atoms with Crippen LogP contribution in [0.15, 0.2) is 24.3 Å². The van der Waals surface area contributed by atoms with Gasteiger partial charge in [-0.1, -0.05) is 0 Å². The van der Waals surface area contributed by atoms with Crippen LogP contribution in [-0.4, -0.2) is 28.0 Å². The summed E-state index contributed by atoms with van der Waals surface area (Å²) < 4.78 is 45.3. The SMILES string of the molecule is COc1ccc(-c2cc(C(=O)O)nn2C)c(C(F)(F)F)c1. The van der Waals surface area contributed by atoms with Crippen LogP contribution in [0.25, 0.3) is 11.3 Å². The minimum absolute atomic E-state index is 0.0578. The van der Waals surface area contributed by atoms with Crippen molar-refractivity contribution in [1.82, 2.24) is 9.78 Å². The Bertz CT molecular complexity index is 692. The summed E-state index contributed by atoms with van der Waals surface area (Å²) in [5.41, 5.74) is -1.34. The van der Waals surface area contributed by atoms with Gasteiger partial charge in [0, 0.05) is 12.6 Å². The minimum Gasteiger partial charge on any atom is -0.497 e. The van der Waals surface area contributed by atoms with Crippen molar-refractivity contribution in [2.24, 2.45) is 7.05 Å². The topological polar surface area (TPSA) is 64.3 Å². The molecule has 0 saturated heterocycles. The molecule has 5 nitrogen and oxygen atoms in total. The summed E-state index contributed by atoms with van der Waals surface area (Å²) in [6.45, 7) is 0. The van der Waals surface area contributed by atoms with Crippen molar-refractivity contribution in [2.45, 2.75) is 6.18 Å². The van der Waals surface area contributed by atoms with Crippen molar-refractivity contribution in [3.05, 3.63) is 35.5 Å². The summed E-state index contributed by atoms with van der Waals surface area (Å²) in [4.78, 5) is 10.9. The zero-order chi connectivity index (χ0) is 15.8. The molecule has 0 spiro atoms. The highest BCUT2D eigenvalue weighted by molar-refractivity contribution is 5.87. The molecular weight excluding hydrogens is 289 g/mol. The van der Waals surface area contributed by atoms with Crippen molar-refractivity contribution in [3.63, 3.8) is 0 Å². The Morgan fingerprint density at radius 2 is 2.00 bits per heavy atom. The Morgan fingerprint density at radius 1 is 1.33 bits per heavy atom. The second-order valence-corrected chi connectivity index (χ2v) is 4.25. The number of carboxylic acids is 1. The van der Waals surface area contributed by atoms with Gasteiger partial charge in [0.05, 0.1) is 18.4 Å². The fraction of sp³-hybridized carbons (Fsp3) is 0.231. The molecule has 0 radical (unpaired) electrons. The van der Waals surface area contributed by atoms with Gasteiger partial charge in [-0.15, -0.1) is 0 Å². The fourth-order valence-electron chi connectivity index (χ4n) is 1.93. The minimum atomic E-state index is -4.60. The van der Waals surface area contributed by atoms with E-state index in [-0.39, 0.29) is 22.7 Å². The summed E-state index contributed by atoms with van der Waals surface area (Å²) in [5, 5.41) is 12.5. The maximum absolute atomic E-state index is 13.1. The summed E-state index contributed by atoms with van der Waals surface area (Å²) in [5.74, 6) is -1.24. The van der Waals surface area contributed by atoms with Gasteiger partial charge in [0.1, 0.15) is 5.75 Å². The van der Waals surface area contributed by atoms with Crippen LogP contribution in [0.4, 0.5) is 13.2 Å². The molecule has 1 N–H and O–H groups in total. The Morgan fingerprint density at radius 3 is 2.48 bits per heavy atom. The Kier molecular flexibility index (Phi) is 3.63. The van der Waals surface area contributed by atoms with E-state index in [1.54, 1.807) is 0 Å². The van der Waals surface area contributed by atoms with Gasteiger partial charge in [0.15, 0.2) is 5.69 Å². The summed E-state index contributed by atoms with van der Waals surface area (Å²) in [6.07, 6.45) is -4.60. The number of hydrogen-bond donors (Lipinski definition) is 1. The predicted octanol–water partition coefficient (Wildman–Crippen LogP) is 2.81. The molecule has 0 amide bonds. The van der Waals surface area contributed by atoms with Crippen LogP contribution < -0.4 is 4.74 Å². The van der Waals surface area contributed by atoms with Crippen molar-refractivity contribution in [3.8, 4) is 17.0 Å². The molecule has 21 heavy (non-hydrogen) atoms. The summed E-state index contributed by atoms with van der Waals surface area (Å²) in [7, 11) is 2.65. The lowest BCUT2D eigenvalue weighted by Crippen LogP contribution is -2.09. The highest BCUT2D eigenvalue weighted by Crippen LogP contribution is 2.39. The largest absolute Gasteiger partial charge is 0.497 e. The van der Waals surface area contributed by atoms with Gasteiger partial charge in [-0.05, 0) is 24.3 Å². The number of carbonyl (C=O) groups is 1. The molecule has 0 unspecified atom stereocenters. The van der Waals surface area contributed by atoms with Crippen molar-refractivity contribution in [1.29, 1.82) is 0 Å². The number of carboxylic acid groups (broad SMARTS) is 1. The molecule has 0 fully saturated rings. The summed E-state index contributed by atoms with van der Waals surface area (Å²) in [6, 6.07) is 4.56. The van der Waals surface area contributed by atoms with E-state index < -0.39 is 17.7 Å². The molecule has 0 aliphatic rings. The molecule has 1 heterocycles. The molecule has 2 aromatic rings. The van der Waals surface area contributed by atoms with Gasteiger partial charge >= 0.3 is 12.1 Å². The molecule has 0 saturated carbocycles. The van der Waals surface area contributed by atoms with Gasteiger partial charge in [0.25, 0.3) is 0 Å². The van der Waals surface area contributed by atoms with Crippen LogP contribution in [0.3, 0.4) is 0 Å². The lowest BCUT2D eigenvalue weighted by atomic mass is 10.0. The lowest BCUT2D eigenvalue weighted by molar-refractivity contribution is -0.137. The number of aromatic carboxylic acids is 1. The monoisotopic (exact) mass is 300 g/mol. The van der Waals surface area contributed by atoms with Gasteiger partial charge in [-0.2, -0.15) is 18.3 Å². The molecule has 1 aromatic carbocycles. The molecule has 0 atom stereocenters. The number of benzene rings is 1. The maximum atomic E-state index is 13.1. The number of methoxy groups -OCH3 is 1. The number of aromatic nitrogens is 2. The first-order valence-corrected chi connectivity index (χ1v) is 5.77. The number of halogens is 3.